The predicted octanol–water partition coefficient (Wildman–Crippen LogP) is 1.64. The van der Waals surface area contributed by atoms with Crippen LogP contribution in [0.5, 0.6) is 11.5 Å². The number of nitrogens with zero attached hydrogens (tertiary/aromatic N) is 2. The van der Waals surface area contributed by atoms with E-state index in [2.05, 4.69) is 5.32 Å². The highest BCUT2D eigenvalue weighted by Crippen LogP contribution is 2.44. The zero-order valence-electron chi connectivity index (χ0n) is 16.6. The predicted molar refractivity (Wildman–Crippen MR) is 100 cm³/mol. The third-order valence-corrected chi connectivity index (χ3v) is 6.81. The van der Waals surface area contributed by atoms with Gasteiger partial charge in [0, 0.05) is 38.7 Å². The van der Waals surface area contributed by atoms with Gasteiger partial charge < -0.3 is 25.0 Å². The van der Waals surface area contributed by atoms with Crippen LogP contribution >= 0.6 is 0 Å². The van der Waals surface area contributed by atoms with Crippen LogP contribution in [0.1, 0.15) is 35.6 Å². The maximum absolute atomic E-state index is 13.2. The molecule has 0 saturated carbocycles. The van der Waals surface area contributed by atoms with Gasteiger partial charge in [-0.25, -0.2) is 4.79 Å². The molecule has 3 aliphatic heterocycles. The summed E-state index contributed by atoms with van der Waals surface area (Å²) < 4.78 is 6.29. The molecule has 7 nitrogen and oxygen atoms in total. The molecule has 3 heterocycles. The number of ether oxygens (including phenoxy) is 1. The van der Waals surface area contributed by atoms with Gasteiger partial charge in [0.15, 0.2) is 5.60 Å². The highest BCUT2D eigenvalue weighted by atomic mass is 16.5. The second kappa shape index (κ2) is 5.53. The molecule has 1 atom stereocenters. The van der Waals surface area contributed by atoms with Crippen LogP contribution in [-0.4, -0.2) is 64.7 Å². The average Bonchev–Trinajstić information content (AvgIpc) is 2.91. The monoisotopic (exact) mass is 373 g/mol. The van der Waals surface area contributed by atoms with E-state index >= 15 is 0 Å². The first-order valence-electron chi connectivity index (χ1n) is 9.41. The van der Waals surface area contributed by atoms with Crippen LogP contribution in [0, 0.1) is 20.8 Å². The summed E-state index contributed by atoms with van der Waals surface area (Å²) in [5.74, 6) is 1.01. The Kier molecular flexibility index (Phi) is 3.68. The van der Waals surface area contributed by atoms with E-state index in [-0.39, 0.29) is 17.5 Å². The van der Waals surface area contributed by atoms with Crippen LogP contribution in [0.25, 0.3) is 0 Å². The van der Waals surface area contributed by atoms with Gasteiger partial charge >= 0.3 is 6.03 Å². The van der Waals surface area contributed by atoms with Crippen molar-refractivity contribution in [1.82, 2.24) is 15.1 Å². The molecular formula is C20H27N3O4. The number of carbonyl (C=O) groups is 2. The number of rotatable bonds is 1. The number of urea groups is 1. The summed E-state index contributed by atoms with van der Waals surface area (Å²) in [6.45, 7) is 9.17. The number of likely N-dealkylation sites (tertiary alicyclic amines) is 1. The van der Waals surface area contributed by atoms with Gasteiger partial charge in [-0.15, -0.1) is 0 Å². The molecule has 1 aromatic carbocycles. The fourth-order valence-corrected chi connectivity index (χ4v) is 4.56. The van der Waals surface area contributed by atoms with Crippen molar-refractivity contribution in [2.45, 2.75) is 51.7 Å². The molecule has 27 heavy (non-hydrogen) atoms. The van der Waals surface area contributed by atoms with Crippen molar-refractivity contribution < 1.29 is 19.4 Å². The van der Waals surface area contributed by atoms with E-state index in [9.17, 15) is 14.7 Å². The van der Waals surface area contributed by atoms with Crippen LogP contribution in [0.4, 0.5) is 4.79 Å². The van der Waals surface area contributed by atoms with E-state index in [0.29, 0.717) is 38.2 Å². The lowest BCUT2D eigenvalue weighted by molar-refractivity contribution is -0.159. The number of amides is 3. The zero-order valence-corrected chi connectivity index (χ0v) is 16.6. The number of likely N-dealkylation sites (N-methyl/N-ethyl adjacent to an activating group) is 1. The van der Waals surface area contributed by atoms with Gasteiger partial charge in [-0.05, 0) is 50.8 Å². The molecule has 0 bridgehead atoms. The Labute approximate surface area is 159 Å². The first-order chi connectivity index (χ1) is 12.6. The number of fused-ring (bicyclic) bond motifs is 1. The lowest BCUT2D eigenvalue weighted by Crippen LogP contribution is -2.73. The Morgan fingerprint density at radius 2 is 1.85 bits per heavy atom. The summed E-state index contributed by atoms with van der Waals surface area (Å²) in [5, 5.41) is 13.2. The number of nitrogens with one attached hydrogen (secondary N) is 1. The quantitative estimate of drug-likeness (QED) is 0.784. The number of phenolic OH excluding ortho intramolecular Hbond substituents is 1. The van der Waals surface area contributed by atoms with Gasteiger partial charge in [-0.3, -0.25) is 4.79 Å². The molecule has 146 valence electrons. The Hall–Kier alpha value is -2.44. The molecular weight excluding hydrogens is 346 g/mol. The normalized spacial score (nSPS) is 25.7. The van der Waals surface area contributed by atoms with Crippen molar-refractivity contribution in [3.63, 3.8) is 0 Å². The standard InChI is InChI=1S/C20H27N3O4/c1-11-12(2)16-14(13(3)15(11)24)6-7-19(4,27-16)17(25)23-9-20(10-23)8-21-18(26)22(20)5/h24H,6-10H2,1-5H3,(H,21,26). The maximum atomic E-state index is 13.2. The molecule has 2 saturated heterocycles. The lowest BCUT2D eigenvalue weighted by atomic mass is 9.83. The Morgan fingerprint density at radius 1 is 1.19 bits per heavy atom. The molecule has 3 amide bonds. The molecule has 0 aromatic heterocycles. The van der Waals surface area contributed by atoms with E-state index in [1.165, 1.54) is 0 Å². The van der Waals surface area contributed by atoms with Gasteiger partial charge in [0.05, 0.1) is 5.54 Å². The molecule has 2 N–H and O–H groups in total. The largest absolute Gasteiger partial charge is 0.507 e. The molecule has 1 spiro atoms. The summed E-state index contributed by atoms with van der Waals surface area (Å²) in [6.07, 6.45) is 1.26. The number of aromatic hydroxyl groups is 1. The molecule has 7 heteroatoms. The summed E-state index contributed by atoms with van der Waals surface area (Å²) in [5.41, 5.74) is 2.29. The van der Waals surface area contributed by atoms with Crippen LogP contribution in [0.3, 0.4) is 0 Å². The lowest BCUT2D eigenvalue weighted by Gasteiger charge is -2.52. The molecule has 1 unspecified atom stereocenters. The second-order valence-electron chi connectivity index (χ2n) is 8.47. The minimum atomic E-state index is -0.927. The van der Waals surface area contributed by atoms with E-state index < -0.39 is 5.60 Å². The van der Waals surface area contributed by atoms with Crippen LogP contribution in [0.15, 0.2) is 0 Å². The fraction of sp³-hybridized carbons (Fsp3) is 0.600. The first-order valence-corrected chi connectivity index (χ1v) is 9.41. The van der Waals surface area contributed by atoms with Gasteiger partial charge in [-0.1, -0.05) is 0 Å². The number of hydrogen-bond acceptors (Lipinski definition) is 4. The van der Waals surface area contributed by atoms with Gasteiger partial charge in [0.2, 0.25) is 0 Å². The van der Waals surface area contributed by atoms with E-state index in [4.69, 9.17) is 4.74 Å². The fourth-order valence-electron chi connectivity index (χ4n) is 4.56. The molecule has 4 rings (SSSR count). The topological polar surface area (TPSA) is 82.1 Å². The number of benzene rings is 1. The Morgan fingerprint density at radius 3 is 2.44 bits per heavy atom. The van der Waals surface area contributed by atoms with Crippen LogP contribution in [-0.2, 0) is 11.2 Å². The minimum absolute atomic E-state index is 0.0331. The maximum Gasteiger partial charge on any atom is 0.317 e. The van der Waals surface area contributed by atoms with E-state index in [0.717, 1.165) is 28.0 Å². The van der Waals surface area contributed by atoms with Gasteiger partial charge in [0.25, 0.3) is 5.91 Å². The number of hydrogen-bond donors (Lipinski definition) is 2. The van der Waals surface area contributed by atoms with Crippen molar-refractivity contribution in [3.05, 3.63) is 22.3 Å². The summed E-state index contributed by atoms with van der Waals surface area (Å²) >= 11 is 0. The number of carbonyl (C=O) groups excluding carboxylic acids is 2. The SMILES string of the molecule is Cc1c(C)c2c(c(C)c1O)CCC(C)(C(=O)N1CC3(CNC(=O)N3C)C1)O2. The smallest absolute Gasteiger partial charge is 0.317 e. The van der Waals surface area contributed by atoms with Crippen LogP contribution < -0.4 is 10.1 Å². The Balaban J connectivity index is 1.56. The summed E-state index contributed by atoms with van der Waals surface area (Å²) in [7, 11) is 1.78. The third kappa shape index (κ3) is 2.33. The average molecular weight is 373 g/mol. The van der Waals surface area contributed by atoms with Gasteiger partial charge in [-0.2, -0.15) is 0 Å². The molecule has 3 aliphatic rings. The molecule has 2 fully saturated rings. The highest BCUT2D eigenvalue weighted by molar-refractivity contribution is 5.88. The highest BCUT2D eigenvalue weighted by Gasteiger charge is 2.56. The second-order valence-corrected chi connectivity index (χ2v) is 8.47. The van der Waals surface area contributed by atoms with Gasteiger partial charge in [0.1, 0.15) is 11.5 Å². The van der Waals surface area contributed by atoms with Crippen molar-refractivity contribution in [2.75, 3.05) is 26.7 Å². The number of phenols is 1. The molecule has 0 radical (unpaired) electrons. The van der Waals surface area contributed by atoms with E-state index in [1.54, 1.807) is 16.8 Å². The van der Waals surface area contributed by atoms with Crippen molar-refractivity contribution >= 4 is 11.9 Å². The molecule has 1 aromatic rings. The summed E-state index contributed by atoms with van der Waals surface area (Å²) in [4.78, 5) is 28.5. The van der Waals surface area contributed by atoms with Crippen molar-refractivity contribution in [2.24, 2.45) is 0 Å². The van der Waals surface area contributed by atoms with Crippen molar-refractivity contribution in [3.8, 4) is 11.5 Å². The minimum Gasteiger partial charge on any atom is -0.507 e. The molecule has 0 aliphatic carbocycles. The van der Waals surface area contributed by atoms with Crippen LogP contribution in [0.2, 0.25) is 0 Å². The van der Waals surface area contributed by atoms with E-state index in [1.807, 2.05) is 27.7 Å². The first kappa shape index (κ1) is 17.9. The van der Waals surface area contributed by atoms with Crippen molar-refractivity contribution in [1.29, 1.82) is 0 Å². The third-order valence-electron chi connectivity index (χ3n) is 6.81. The zero-order chi connectivity index (χ0) is 19.7. The summed E-state index contributed by atoms with van der Waals surface area (Å²) in [6, 6.07) is -0.0856. The Bertz CT molecular complexity index is 860.